The quantitative estimate of drug-likeness (QED) is 0.590. The molecule has 1 aromatic heterocycles. The Bertz CT molecular complexity index is 767. The van der Waals surface area contributed by atoms with Gasteiger partial charge in [0.25, 0.3) is 0 Å². The first-order valence-electron chi connectivity index (χ1n) is 7.63. The molecule has 0 N–H and O–H groups in total. The summed E-state index contributed by atoms with van der Waals surface area (Å²) in [6.45, 7) is 4.04. The summed E-state index contributed by atoms with van der Waals surface area (Å²) < 4.78 is 11.4. The predicted molar refractivity (Wildman–Crippen MR) is 90.4 cm³/mol. The molecule has 0 bridgehead atoms. The van der Waals surface area contributed by atoms with Crippen LogP contribution in [0.3, 0.4) is 0 Å². The van der Waals surface area contributed by atoms with Gasteiger partial charge < -0.3 is 14.1 Å². The second kappa shape index (κ2) is 6.76. The zero-order valence-corrected chi connectivity index (χ0v) is 15.0. The lowest BCUT2D eigenvalue weighted by atomic mass is 10.1. The molecule has 0 radical (unpaired) electrons. The number of benzene rings is 1. The third kappa shape index (κ3) is 3.21. The minimum Gasteiger partial charge on any atom is -0.455 e. The van der Waals surface area contributed by atoms with Gasteiger partial charge in [0.2, 0.25) is 11.8 Å². The number of hydrogen-bond donors (Lipinski definition) is 0. The zero-order valence-electron chi connectivity index (χ0n) is 13.4. The predicted octanol–water partition coefficient (Wildman–Crippen LogP) is 3.15. The molecule has 0 spiro atoms. The Morgan fingerprint density at radius 3 is 2.83 bits per heavy atom. The van der Waals surface area contributed by atoms with Crippen molar-refractivity contribution in [1.29, 1.82) is 0 Å². The maximum atomic E-state index is 12.5. The van der Waals surface area contributed by atoms with Crippen LogP contribution in [0.2, 0.25) is 0 Å². The Morgan fingerprint density at radius 1 is 1.42 bits per heavy atom. The van der Waals surface area contributed by atoms with E-state index in [9.17, 15) is 9.59 Å². The van der Waals surface area contributed by atoms with Crippen LogP contribution in [-0.2, 0) is 20.9 Å². The molecular weight excluding hydrogens is 376 g/mol. The number of aryl methyl sites for hydroxylation is 2. The summed E-state index contributed by atoms with van der Waals surface area (Å²) in [7, 11) is 0. The van der Waals surface area contributed by atoms with Crippen molar-refractivity contribution in [1.82, 2.24) is 4.98 Å². The van der Waals surface area contributed by atoms with Gasteiger partial charge in [0.1, 0.15) is 11.7 Å². The Hall–Kier alpha value is -2.15. The molecule has 0 saturated carbocycles. The van der Waals surface area contributed by atoms with Crippen molar-refractivity contribution in [3.05, 3.63) is 46.1 Å². The standard InChI is InChI=1S/C17H17BrN2O4/c1-10-11(2)24-15(19-10)9-23-17(22)12-7-8-20(16(12)21)14-6-4-3-5-13(14)18/h3-6,12H,7-9H2,1-2H3. The van der Waals surface area contributed by atoms with E-state index in [1.54, 1.807) is 11.8 Å². The molecule has 24 heavy (non-hydrogen) atoms. The summed E-state index contributed by atoms with van der Waals surface area (Å²) in [5.74, 6) is -0.534. The Morgan fingerprint density at radius 2 is 2.17 bits per heavy atom. The number of carbonyl (C=O) groups excluding carboxylic acids is 2. The number of ether oxygens (including phenoxy) is 1. The first kappa shape index (κ1) is 16.7. The van der Waals surface area contributed by atoms with Crippen molar-refractivity contribution >= 4 is 33.5 Å². The largest absolute Gasteiger partial charge is 0.455 e. The van der Waals surface area contributed by atoms with E-state index in [1.165, 1.54) is 0 Å². The third-order valence-electron chi connectivity index (χ3n) is 4.04. The summed E-state index contributed by atoms with van der Waals surface area (Å²) in [6, 6.07) is 7.43. The van der Waals surface area contributed by atoms with Gasteiger partial charge >= 0.3 is 5.97 Å². The first-order valence-corrected chi connectivity index (χ1v) is 8.42. The fraction of sp³-hybridized carbons (Fsp3) is 0.353. The molecule has 1 fully saturated rings. The smallest absolute Gasteiger partial charge is 0.319 e. The molecular formula is C17H17BrN2O4. The molecule has 1 saturated heterocycles. The van der Waals surface area contributed by atoms with Crippen LogP contribution >= 0.6 is 15.9 Å². The molecule has 6 nitrogen and oxygen atoms in total. The fourth-order valence-electron chi connectivity index (χ4n) is 2.64. The summed E-state index contributed by atoms with van der Waals surface area (Å²) in [6.07, 6.45) is 0.433. The van der Waals surface area contributed by atoms with E-state index < -0.39 is 11.9 Å². The molecule has 7 heteroatoms. The maximum Gasteiger partial charge on any atom is 0.319 e. The van der Waals surface area contributed by atoms with Crippen molar-refractivity contribution < 1.29 is 18.7 Å². The van der Waals surface area contributed by atoms with Gasteiger partial charge in [-0.1, -0.05) is 12.1 Å². The Balaban J connectivity index is 1.64. The zero-order chi connectivity index (χ0) is 17.3. The number of esters is 1. The van der Waals surface area contributed by atoms with E-state index in [0.29, 0.717) is 24.6 Å². The Kier molecular flexibility index (Phi) is 4.71. The highest BCUT2D eigenvalue weighted by atomic mass is 79.9. The molecule has 0 aliphatic carbocycles. The van der Waals surface area contributed by atoms with Crippen LogP contribution in [0, 0.1) is 19.8 Å². The third-order valence-corrected chi connectivity index (χ3v) is 4.71. The molecule has 2 heterocycles. The second-order valence-corrected chi connectivity index (χ2v) is 6.49. The maximum absolute atomic E-state index is 12.5. The highest BCUT2D eigenvalue weighted by Crippen LogP contribution is 2.31. The minimum atomic E-state index is -0.783. The van der Waals surface area contributed by atoms with Gasteiger partial charge in [-0.2, -0.15) is 0 Å². The number of halogens is 1. The SMILES string of the molecule is Cc1nc(COC(=O)C2CCN(c3ccccc3Br)C2=O)oc1C. The van der Waals surface area contributed by atoms with Gasteiger partial charge in [0, 0.05) is 11.0 Å². The summed E-state index contributed by atoms with van der Waals surface area (Å²) in [5, 5.41) is 0. The molecule has 1 atom stereocenters. The fourth-order valence-corrected chi connectivity index (χ4v) is 3.14. The molecule has 126 valence electrons. The van der Waals surface area contributed by atoms with Crippen LogP contribution in [0.25, 0.3) is 0 Å². The second-order valence-electron chi connectivity index (χ2n) is 5.64. The minimum absolute atomic E-state index is 0.0632. The number of rotatable bonds is 4. The van der Waals surface area contributed by atoms with E-state index in [-0.39, 0.29) is 12.5 Å². The van der Waals surface area contributed by atoms with Crippen LogP contribution in [0.15, 0.2) is 33.2 Å². The van der Waals surface area contributed by atoms with Crippen LogP contribution in [0.5, 0.6) is 0 Å². The number of carbonyl (C=O) groups is 2. The normalized spacial score (nSPS) is 17.4. The van der Waals surface area contributed by atoms with E-state index in [4.69, 9.17) is 9.15 Å². The van der Waals surface area contributed by atoms with Crippen molar-refractivity contribution in [3.63, 3.8) is 0 Å². The average Bonchev–Trinajstić information content (AvgIpc) is 3.08. The van der Waals surface area contributed by atoms with Crippen LogP contribution in [0.4, 0.5) is 5.69 Å². The van der Waals surface area contributed by atoms with Crippen molar-refractivity contribution in [2.45, 2.75) is 26.9 Å². The Labute approximate surface area is 147 Å². The topological polar surface area (TPSA) is 72.6 Å². The lowest BCUT2D eigenvalue weighted by molar-refractivity contribution is -0.152. The number of amides is 1. The molecule has 1 aromatic carbocycles. The van der Waals surface area contributed by atoms with Gasteiger partial charge in [0.15, 0.2) is 6.61 Å². The molecule has 1 amide bonds. The number of anilines is 1. The number of aromatic nitrogens is 1. The molecule has 1 unspecified atom stereocenters. The number of oxazole rings is 1. The van der Waals surface area contributed by atoms with Gasteiger partial charge in [-0.3, -0.25) is 9.59 Å². The summed E-state index contributed by atoms with van der Waals surface area (Å²) in [4.78, 5) is 30.5. The van der Waals surface area contributed by atoms with E-state index in [2.05, 4.69) is 20.9 Å². The van der Waals surface area contributed by atoms with Gasteiger partial charge in [-0.15, -0.1) is 0 Å². The van der Waals surface area contributed by atoms with Gasteiger partial charge in [-0.05, 0) is 48.3 Å². The van der Waals surface area contributed by atoms with Gasteiger partial charge in [-0.25, -0.2) is 4.98 Å². The summed E-state index contributed by atoms with van der Waals surface area (Å²) >= 11 is 3.43. The summed E-state index contributed by atoms with van der Waals surface area (Å²) in [5.41, 5.74) is 1.52. The lowest BCUT2D eigenvalue weighted by Gasteiger charge is -2.18. The molecule has 1 aliphatic heterocycles. The number of hydrogen-bond acceptors (Lipinski definition) is 5. The average molecular weight is 393 g/mol. The van der Waals surface area contributed by atoms with Gasteiger partial charge in [0.05, 0.1) is 11.4 Å². The van der Waals surface area contributed by atoms with Crippen LogP contribution < -0.4 is 4.90 Å². The highest BCUT2D eigenvalue weighted by molar-refractivity contribution is 9.10. The van der Waals surface area contributed by atoms with Crippen LogP contribution in [0.1, 0.15) is 23.8 Å². The molecule has 1 aliphatic rings. The van der Waals surface area contributed by atoms with E-state index in [1.807, 2.05) is 31.2 Å². The van der Waals surface area contributed by atoms with E-state index >= 15 is 0 Å². The monoisotopic (exact) mass is 392 g/mol. The lowest BCUT2D eigenvalue weighted by Crippen LogP contribution is -2.31. The molecule has 2 aromatic rings. The van der Waals surface area contributed by atoms with Crippen LogP contribution in [-0.4, -0.2) is 23.4 Å². The van der Waals surface area contributed by atoms with Crippen molar-refractivity contribution in [2.75, 3.05) is 11.4 Å². The number of nitrogens with zero attached hydrogens (tertiary/aromatic N) is 2. The molecule has 3 rings (SSSR count). The van der Waals surface area contributed by atoms with Crippen molar-refractivity contribution in [3.8, 4) is 0 Å². The van der Waals surface area contributed by atoms with E-state index in [0.717, 1.165) is 15.9 Å². The number of para-hydroxylation sites is 1. The first-order chi connectivity index (χ1) is 11.5. The van der Waals surface area contributed by atoms with Crippen molar-refractivity contribution in [2.24, 2.45) is 5.92 Å². The highest BCUT2D eigenvalue weighted by Gasteiger charge is 2.39.